The average Bonchev–Trinajstić information content (AvgIpc) is 2.54. The molecule has 3 atom stereocenters. The Balaban J connectivity index is 2.77. The van der Waals surface area contributed by atoms with Gasteiger partial charge in [-0.3, -0.25) is 0 Å². The molecule has 1 aliphatic heterocycles. The summed E-state index contributed by atoms with van der Waals surface area (Å²) in [5.41, 5.74) is 0.989. The lowest BCUT2D eigenvalue weighted by Gasteiger charge is -2.43. The fourth-order valence-corrected chi connectivity index (χ4v) is 2.63. The number of carbonyl (C=O) groups excluding carboxylic acids is 1. The molecule has 5 heteroatoms. The molecule has 0 N–H and O–H groups in total. The number of allylic oxidation sites excluding steroid dienone is 3. The molecule has 0 saturated carbocycles. The minimum atomic E-state index is -0.674. The van der Waals surface area contributed by atoms with E-state index in [1.807, 2.05) is 24.9 Å². The molecule has 0 spiro atoms. The summed E-state index contributed by atoms with van der Waals surface area (Å²) in [6.07, 6.45) is 7.62. The van der Waals surface area contributed by atoms with Gasteiger partial charge in [0.15, 0.2) is 5.79 Å². The van der Waals surface area contributed by atoms with Crippen LogP contribution >= 0.6 is 22.6 Å². The van der Waals surface area contributed by atoms with Crippen molar-refractivity contribution in [3.05, 3.63) is 34.0 Å². The second-order valence-electron chi connectivity index (χ2n) is 6.30. The van der Waals surface area contributed by atoms with E-state index in [1.165, 1.54) is 6.08 Å². The highest BCUT2D eigenvalue weighted by Crippen LogP contribution is 2.32. The van der Waals surface area contributed by atoms with Gasteiger partial charge in [-0.25, -0.2) is 4.79 Å². The van der Waals surface area contributed by atoms with Crippen molar-refractivity contribution in [2.75, 3.05) is 6.61 Å². The van der Waals surface area contributed by atoms with E-state index in [-0.39, 0.29) is 24.1 Å². The molecule has 25 heavy (non-hydrogen) atoms. The van der Waals surface area contributed by atoms with Crippen LogP contribution in [0.3, 0.4) is 0 Å². The van der Waals surface area contributed by atoms with Crippen LogP contribution in [0.5, 0.6) is 0 Å². The standard InChI is InChI=1S/C20H27IO4/c1-6-23-19(22)13-11-15(2)10-12-18-16(3)17(9-7-8-14-21)24-20(4,5)25-18/h8,10-11,13-14,16-18H,6,12H2,1-5H3/b13-11+,14-8+,15-10+/t16-,17+,18+/m0/s1. The van der Waals surface area contributed by atoms with E-state index in [0.717, 1.165) is 12.0 Å². The zero-order chi connectivity index (χ0) is 18.9. The van der Waals surface area contributed by atoms with Crippen molar-refractivity contribution >= 4 is 28.6 Å². The van der Waals surface area contributed by atoms with Gasteiger partial charge in [0.1, 0.15) is 6.10 Å². The van der Waals surface area contributed by atoms with Crippen molar-refractivity contribution in [2.24, 2.45) is 5.92 Å². The summed E-state index contributed by atoms with van der Waals surface area (Å²) < 4.78 is 18.8. The Morgan fingerprint density at radius 3 is 2.68 bits per heavy atom. The first-order valence-electron chi connectivity index (χ1n) is 8.42. The van der Waals surface area contributed by atoms with Crippen molar-refractivity contribution in [2.45, 2.75) is 59.0 Å². The molecule has 0 aromatic heterocycles. The Morgan fingerprint density at radius 2 is 2.04 bits per heavy atom. The first-order valence-corrected chi connectivity index (χ1v) is 9.67. The van der Waals surface area contributed by atoms with Crippen molar-refractivity contribution in [3.63, 3.8) is 0 Å². The lowest BCUT2D eigenvalue weighted by atomic mass is 9.92. The minimum Gasteiger partial charge on any atom is -0.463 e. The molecular formula is C20H27IO4. The molecule has 0 amide bonds. The summed E-state index contributed by atoms with van der Waals surface area (Å²) in [7, 11) is 0. The predicted octanol–water partition coefficient (Wildman–Crippen LogP) is 4.55. The number of hydrogen-bond acceptors (Lipinski definition) is 4. The monoisotopic (exact) mass is 458 g/mol. The fourth-order valence-electron chi connectivity index (χ4n) is 2.45. The Morgan fingerprint density at radius 1 is 1.32 bits per heavy atom. The van der Waals surface area contributed by atoms with E-state index in [9.17, 15) is 4.79 Å². The van der Waals surface area contributed by atoms with Crippen LogP contribution in [0.1, 0.15) is 41.0 Å². The molecule has 0 bridgehead atoms. The van der Waals surface area contributed by atoms with E-state index in [2.05, 4.69) is 47.4 Å². The second-order valence-corrected chi connectivity index (χ2v) is 7.02. The molecule has 138 valence electrons. The summed E-state index contributed by atoms with van der Waals surface area (Å²) >= 11 is 2.14. The number of ether oxygens (including phenoxy) is 3. The molecule has 0 aliphatic carbocycles. The van der Waals surface area contributed by atoms with Gasteiger partial charge < -0.3 is 14.2 Å². The zero-order valence-corrected chi connectivity index (χ0v) is 17.7. The third-order valence-corrected chi connectivity index (χ3v) is 4.08. The first-order chi connectivity index (χ1) is 11.8. The van der Waals surface area contributed by atoms with E-state index >= 15 is 0 Å². The van der Waals surface area contributed by atoms with Gasteiger partial charge in [-0.1, -0.05) is 59.1 Å². The number of hydrogen-bond donors (Lipinski definition) is 0. The quantitative estimate of drug-likeness (QED) is 0.199. The molecule has 0 aromatic carbocycles. The maximum atomic E-state index is 11.4. The maximum Gasteiger partial charge on any atom is 0.330 e. The molecular weight excluding hydrogens is 431 g/mol. The molecule has 1 fully saturated rings. The Kier molecular flexibility index (Phi) is 9.47. The predicted molar refractivity (Wildman–Crippen MR) is 108 cm³/mol. The van der Waals surface area contributed by atoms with Crippen molar-refractivity contribution in [1.82, 2.24) is 0 Å². The average molecular weight is 458 g/mol. The lowest BCUT2D eigenvalue weighted by Crippen LogP contribution is -2.49. The molecule has 1 saturated heterocycles. The largest absolute Gasteiger partial charge is 0.463 e. The third-order valence-electron chi connectivity index (χ3n) is 3.72. The molecule has 0 unspecified atom stereocenters. The maximum absolute atomic E-state index is 11.4. The SMILES string of the molecule is CCOC(=O)/C=C/C(C)=C/C[C@H]1OC(C)(C)O[C@H](C#C/C=C/I)[C@@H]1C. The molecule has 0 radical (unpaired) electrons. The molecule has 1 heterocycles. The number of rotatable bonds is 5. The van der Waals surface area contributed by atoms with Gasteiger partial charge in [-0.15, -0.1) is 0 Å². The highest BCUT2D eigenvalue weighted by Gasteiger charge is 2.39. The molecule has 1 rings (SSSR count). The molecule has 0 aromatic rings. The van der Waals surface area contributed by atoms with Gasteiger partial charge in [-0.05, 0) is 44.3 Å². The van der Waals surface area contributed by atoms with Crippen molar-refractivity contribution in [3.8, 4) is 11.8 Å². The van der Waals surface area contributed by atoms with Gasteiger partial charge in [0.2, 0.25) is 0 Å². The lowest BCUT2D eigenvalue weighted by molar-refractivity contribution is -0.306. The number of carbonyl (C=O) groups is 1. The number of esters is 1. The van der Waals surface area contributed by atoms with Gasteiger partial charge in [0.25, 0.3) is 0 Å². The number of halogens is 1. The van der Waals surface area contributed by atoms with Crippen molar-refractivity contribution in [1.29, 1.82) is 0 Å². The zero-order valence-electron chi connectivity index (χ0n) is 15.5. The van der Waals surface area contributed by atoms with Gasteiger partial charge in [0.05, 0.1) is 12.7 Å². The third kappa shape index (κ3) is 8.21. The van der Waals surface area contributed by atoms with E-state index in [0.29, 0.717) is 6.61 Å². The van der Waals surface area contributed by atoms with Crippen LogP contribution in [0.4, 0.5) is 0 Å². The van der Waals surface area contributed by atoms with Gasteiger partial charge >= 0.3 is 5.97 Å². The summed E-state index contributed by atoms with van der Waals surface area (Å²) in [6, 6.07) is 0. The Hall–Kier alpha value is -1.10. The minimum absolute atomic E-state index is 0.00225. The van der Waals surface area contributed by atoms with Crippen molar-refractivity contribution < 1.29 is 19.0 Å². The summed E-state index contributed by atoms with van der Waals surface area (Å²) in [5.74, 6) is 5.30. The van der Waals surface area contributed by atoms with Crippen LogP contribution in [0.15, 0.2) is 34.0 Å². The van der Waals surface area contributed by atoms with Gasteiger partial charge in [-0.2, -0.15) is 0 Å². The molecule has 1 aliphatic rings. The van der Waals surface area contributed by atoms with Crippen LogP contribution in [-0.2, 0) is 19.0 Å². The Labute approximate surface area is 164 Å². The normalized spacial score (nSPS) is 26.5. The van der Waals surface area contributed by atoms with Crippen LogP contribution in [-0.4, -0.2) is 30.6 Å². The highest BCUT2D eigenvalue weighted by molar-refractivity contribution is 14.1. The topological polar surface area (TPSA) is 44.8 Å². The summed E-state index contributed by atoms with van der Waals surface area (Å²) in [6.45, 7) is 10.0. The van der Waals surface area contributed by atoms with Gasteiger partial charge in [0, 0.05) is 12.0 Å². The molecule has 4 nitrogen and oxygen atoms in total. The summed E-state index contributed by atoms with van der Waals surface area (Å²) in [4.78, 5) is 11.4. The van der Waals surface area contributed by atoms with E-state index in [4.69, 9.17) is 14.2 Å². The summed E-state index contributed by atoms with van der Waals surface area (Å²) in [5, 5.41) is 0. The van der Waals surface area contributed by atoms with Crippen LogP contribution in [0, 0.1) is 17.8 Å². The Bertz CT molecular complexity index is 593. The van der Waals surface area contributed by atoms with Crippen LogP contribution in [0.25, 0.3) is 0 Å². The smallest absolute Gasteiger partial charge is 0.330 e. The first kappa shape index (κ1) is 21.9. The van der Waals surface area contributed by atoms with Crippen LogP contribution < -0.4 is 0 Å². The van der Waals surface area contributed by atoms with E-state index in [1.54, 1.807) is 19.1 Å². The fraction of sp³-hybridized carbons (Fsp3) is 0.550. The highest BCUT2D eigenvalue weighted by atomic mass is 127. The van der Waals surface area contributed by atoms with E-state index < -0.39 is 5.79 Å². The second kappa shape index (κ2) is 10.8. The van der Waals surface area contributed by atoms with Crippen LogP contribution in [0.2, 0.25) is 0 Å².